The van der Waals surface area contributed by atoms with Gasteiger partial charge in [-0.05, 0) is 31.9 Å². The van der Waals surface area contributed by atoms with Gasteiger partial charge >= 0.3 is 12.1 Å². The first-order valence-corrected chi connectivity index (χ1v) is 7.66. The van der Waals surface area contributed by atoms with Crippen LogP contribution in [0.3, 0.4) is 0 Å². The van der Waals surface area contributed by atoms with E-state index in [4.69, 9.17) is 0 Å². The Balaban J connectivity index is 2.35. The molecule has 1 aromatic rings. The number of nitrogens with zero attached hydrogens (tertiary/aromatic N) is 2. The van der Waals surface area contributed by atoms with Gasteiger partial charge in [0.1, 0.15) is 11.2 Å². The fraction of sp³-hybridized carbons (Fsp3) is 0.562. The van der Waals surface area contributed by atoms with Crippen molar-refractivity contribution in [1.82, 2.24) is 9.88 Å². The van der Waals surface area contributed by atoms with E-state index in [0.717, 1.165) is 23.5 Å². The molecule has 0 unspecified atom stereocenters. The lowest BCUT2D eigenvalue weighted by molar-refractivity contribution is -0.151. The molecule has 1 fully saturated rings. The second kappa shape index (κ2) is 6.41. The number of aryl methyl sites for hydroxylation is 1. The monoisotopic (exact) mass is 344 g/mol. The SMILES string of the molecule is Cc1nc(C(F)(F)F)ccc1C(=O)N(C)C1(C(=O)O)CCCCC1. The largest absolute Gasteiger partial charge is 0.479 e. The Hall–Kier alpha value is -2.12. The Bertz CT molecular complexity index is 652. The highest BCUT2D eigenvalue weighted by atomic mass is 19.4. The van der Waals surface area contributed by atoms with Crippen molar-refractivity contribution in [3.63, 3.8) is 0 Å². The molecule has 1 aromatic heterocycles. The van der Waals surface area contributed by atoms with Crippen LogP contribution in [-0.2, 0) is 11.0 Å². The molecule has 8 heteroatoms. The van der Waals surface area contributed by atoms with Crippen LogP contribution in [0.5, 0.6) is 0 Å². The van der Waals surface area contributed by atoms with Crippen LogP contribution in [0.4, 0.5) is 13.2 Å². The molecule has 1 aliphatic carbocycles. The normalized spacial score (nSPS) is 17.4. The number of carbonyl (C=O) groups excluding carboxylic acids is 1. The maximum absolute atomic E-state index is 12.7. The van der Waals surface area contributed by atoms with Gasteiger partial charge in [0, 0.05) is 7.05 Å². The number of amides is 1. The van der Waals surface area contributed by atoms with Gasteiger partial charge in [-0.25, -0.2) is 9.78 Å². The number of aliphatic carboxylic acids is 1. The highest BCUT2D eigenvalue weighted by Gasteiger charge is 2.46. The van der Waals surface area contributed by atoms with E-state index in [1.807, 2.05) is 0 Å². The maximum atomic E-state index is 12.7. The molecule has 1 N–H and O–H groups in total. The lowest BCUT2D eigenvalue weighted by Gasteiger charge is -2.41. The first-order valence-electron chi connectivity index (χ1n) is 7.66. The van der Waals surface area contributed by atoms with Gasteiger partial charge in [0.2, 0.25) is 0 Å². The molecule has 0 saturated heterocycles. The molecule has 1 aliphatic rings. The summed E-state index contributed by atoms with van der Waals surface area (Å²) in [6, 6.07) is 1.80. The Morgan fingerprint density at radius 1 is 1.21 bits per heavy atom. The number of carbonyl (C=O) groups is 2. The summed E-state index contributed by atoms with van der Waals surface area (Å²) in [5.41, 5.74) is -2.48. The summed E-state index contributed by atoms with van der Waals surface area (Å²) >= 11 is 0. The van der Waals surface area contributed by atoms with Crippen LogP contribution < -0.4 is 0 Å². The second-order valence-corrected chi connectivity index (χ2v) is 6.09. The molecule has 0 spiro atoms. The Morgan fingerprint density at radius 3 is 2.25 bits per heavy atom. The number of hydrogen-bond acceptors (Lipinski definition) is 3. The molecule has 1 amide bonds. The zero-order chi connectivity index (χ0) is 18.1. The van der Waals surface area contributed by atoms with Crippen LogP contribution in [0.25, 0.3) is 0 Å². The highest BCUT2D eigenvalue weighted by Crippen LogP contribution is 2.35. The van der Waals surface area contributed by atoms with E-state index in [1.54, 1.807) is 0 Å². The van der Waals surface area contributed by atoms with Crippen molar-refractivity contribution < 1.29 is 27.9 Å². The van der Waals surface area contributed by atoms with Gasteiger partial charge in [-0.3, -0.25) is 4.79 Å². The molecule has 0 radical (unpaired) electrons. The van der Waals surface area contributed by atoms with Gasteiger partial charge in [0.15, 0.2) is 0 Å². The average Bonchev–Trinajstić information content (AvgIpc) is 2.53. The van der Waals surface area contributed by atoms with Crippen molar-refractivity contribution in [2.75, 3.05) is 7.05 Å². The summed E-state index contributed by atoms with van der Waals surface area (Å²) in [4.78, 5) is 29.0. The molecule has 2 rings (SSSR count). The summed E-state index contributed by atoms with van der Waals surface area (Å²) in [6.45, 7) is 1.31. The first-order chi connectivity index (χ1) is 11.1. The van der Waals surface area contributed by atoms with E-state index < -0.39 is 29.3 Å². The zero-order valence-electron chi connectivity index (χ0n) is 13.5. The number of halogens is 3. The minimum atomic E-state index is -4.59. The summed E-state index contributed by atoms with van der Waals surface area (Å²) in [6.07, 6.45) is -1.65. The van der Waals surface area contributed by atoms with Crippen molar-refractivity contribution >= 4 is 11.9 Å². The van der Waals surface area contributed by atoms with Crippen LogP contribution in [0.2, 0.25) is 0 Å². The Kier molecular flexibility index (Phi) is 4.87. The third-order valence-corrected chi connectivity index (χ3v) is 4.63. The summed E-state index contributed by atoms with van der Waals surface area (Å²) in [7, 11) is 1.39. The van der Waals surface area contributed by atoms with Gasteiger partial charge < -0.3 is 10.0 Å². The van der Waals surface area contributed by atoms with Gasteiger partial charge in [0.25, 0.3) is 5.91 Å². The maximum Gasteiger partial charge on any atom is 0.433 e. The zero-order valence-corrected chi connectivity index (χ0v) is 13.5. The number of aromatic nitrogens is 1. The number of likely N-dealkylation sites (N-methyl/N-ethyl adjacent to an activating group) is 1. The molecule has 1 saturated carbocycles. The average molecular weight is 344 g/mol. The number of rotatable bonds is 3. The van der Waals surface area contributed by atoms with E-state index in [-0.39, 0.29) is 11.3 Å². The van der Waals surface area contributed by atoms with Crippen molar-refractivity contribution in [3.05, 3.63) is 29.1 Å². The lowest BCUT2D eigenvalue weighted by Crippen LogP contribution is -2.56. The van der Waals surface area contributed by atoms with Crippen molar-refractivity contribution in [1.29, 1.82) is 0 Å². The fourth-order valence-electron chi connectivity index (χ4n) is 3.15. The van der Waals surface area contributed by atoms with Gasteiger partial charge in [-0.15, -0.1) is 0 Å². The van der Waals surface area contributed by atoms with E-state index in [0.29, 0.717) is 25.7 Å². The topological polar surface area (TPSA) is 70.5 Å². The molecule has 0 atom stereocenters. The number of carboxylic acids is 1. The predicted molar refractivity (Wildman–Crippen MR) is 79.5 cm³/mol. The van der Waals surface area contributed by atoms with E-state index in [9.17, 15) is 27.9 Å². The van der Waals surface area contributed by atoms with Gasteiger partial charge in [0.05, 0.1) is 11.3 Å². The van der Waals surface area contributed by atoms with Gasteiger partial charge in [-0.2, -0.15) is 13.2 Å². The standard InChI is InChI=1S/C16H19F3N2O3/c1-10-11(6-7-12(20-10)16(17,18)19)13(22)21(2)15(14(23)24)8-4-3-5-9-15/h6-7H,3-5,8-9H2,1-2H3,(H,23,24). The summed E-state index contributed by atoms with van der Waals surface area (Å²) < 4.78 is 38.0. The number of hydrogen-bond donors (Lipinski definition) is 1. The quantitative estimate of drug-likeness (QED) is 0.914. The second-order valence-electron chi connectivity index (χ2n) is 6.09. The molecular weight excluding hydrogens is 325 g/mol. The van der Waals surface area contributed by atoms with Crippen LogP contribution in [0, 0.1) is 6.92 Å². The van der Waals surface area contributed by atoms with Gasteiger partial charge in [-0.1, -0.05) is 19.3 Å². The Morgan fingerprint density at radius 2 is 1.79 bits per heavy atom. The van der Waals surface area contributed by atoms with E-state index in [2.05, 4.69) is 4.98 Å². The van der Waals surface area contributed by atoms with Crippen LogP contribution >= 0.6 is 0 Å². The molecule has 132 valence electrons. The number of alkyl halides is 3. The number of pyridine rings is 1. The van der Waals surface area contributed by atoms with Crippen molar-refractivity contribution in [3.8, 4) is 0 Å². The highest BCUT2D eigenvalue weighted by molar-refractivity contribution is 5.98. The predicted octanol–water partition coefficient (Wildman–Crippen LogP) is 3.27. The Labute approximate surface area is 137 Å². The van der Waals surface area contributed by atoms with E-state index in [1.165, 1.54) is 14.0 Å². The lowest BCUT2D eigenvalue weighted by atomic mass is 9.80. The fourth-order valence-corrected chi connectivity index (χ4v) is 3.15. The minimum Gasteiger partial charge on any atom is -0.479 e. The van der Waals surface area contributed by atoms with Crippen LogP contribution in [0.15, 0.2) is 12.1 Å². The summed E-state index contributed by atoms with van der Waals surface area (Å²) in [5.74, 6) is -1.71. The van der Waals surface area contributed by atoms with Crippen molar-refractivity contribution in [2.24, 2.45) is 0 Å². The molecular formula is C16H19F3N2O3. The molecule has 24 heavy (non-hydrogen) atoms. The first kappa shape index (κ1) is 18.2. The third kappa shape index (κ3) is 3.22. The minimum absolute atomic E-state index is 0.0169. The molecule has 0 aliphatic heterocycles. The van der Waals surface area contributed by atoms with Crippen molar-refractivity contribution in [2.45, 2.75) is 50.7 Å². The van der Waals surface area contributed by atoms with Crippen LogP contribution in [-0.4, -0.2) is 39.5 Å². The van der Waals surface area contributed by atoms with E-state index >= 15 is 0 Å². The molecule has 0 aromatic carbocycles. The molecule has 0 bridgehead atoms. The number of carboxylic acid groups (broad SMARTS) is 1. The molecule has 1 heterocycles. The molecule has 5 nitrogen and oxygen atoms in total. The third-order valence-electron chi connectivity index (χ3n) is 4.63. The van der Waals surface area contributed by atoms with Crippen LogP contribution in [0.1, 0.15) is 53.8 Å². The smallest absolute Gasteiger partial charge is 0.433 e. The summed E-state index contributed by atoms with van der Waals surface area (Å²) in [5, 5.41) is 9.62.